The van der Waals surface area contributed by atoms with E-state index < -0.39 is 5.60 Å². The van der Waals surface area contributed by atoms with Gasteiger partial charge in [-0.1, -0.05) is 24.6 Å². The Morgan fingerprint density at radius 3 is 2.71 bits per heavy atom. The third-order valence-corrected chi connectivity index (χ3v) is 10.1. The Morgan fingerprint density at radius 1 is 1.17 bits per heavy atom. The summed E-state index contributed by atoms with van der Waals surface area (Å²) in [5.74, 6) is 1.94. The van der Waals surface area contributed by atoms with Crippen molar-refractivity contribution in [2.45, 2.75) is 84.3 Å². The standard InChI is InChI=1S/C28H38N2O5/c1-18(31)28(33)13-10-24-22-7-6-19-15-20(8-11-26(19,2)23(22)9-12-27(24,28)3)30-35-17-25(32)29-16-21-5-4-14-34-21/h4-5,14-15,22-24,33H,6-13,16-17H2,1-3H3,(H,29,32)/b30-20+/t22-,23+,24+,26+,27+,28+/m1/s1. The normalized spacial score (nSPS) is 39.3. The van der Waals surface area contributed by atoms with E-state index in [1.807, 2.05) is 6.07 Å². The fourth-order valence-corrected chi connectivity index (χ4v) is 8.06. The van der Waals surface area contributed by atoms with E-state index in [0.717, 1.165) is 50.7 Å². The van der Waals surface area contributed by atoms with Crippen molar-refractivity contribution in [3.8, 4) is 0 Å². The van der Waals surface area contributed by atoms with Gasteiger partial charge in [-0.3, -0.25) is 9.59 Å². The Hall–Kier alpha value is -2.41. The molecule has 1 aromatic heterocycles. The first-order chi connectivity index (χ1) is 16.7. The number of carbonyl (C=O) groups is 2. The Morgan fingerprint density at radius 2 is 1.97 bits per heavy atom. The van der Waals surface area contributed by atoms with E-state index in [-0.39, 0.29) is 29.1 Å². The van der Waals surface area contributed by atoms with Crippen molar-refractivity contribution in [1.29, 1.82) is 0 Å². The second-order valence-electron chi connectivity index (χ2n) is 11.6. The highest BCUT2D eigenvalue weighted by atomic mass is 16.6. The SMILES string of the molecule is CC(=O)[C@@]1(O)CC[C@H]2[C@@H]3CCC4=C/C(=N/OCC(=O)NCc5ccco5)CC[C@]4(C)[C@H]3CC[C@@]21C. The zero-order valence-electron chi connectivity index (χ0n) is 21.1. The van der Waals surface area contributed by atoms with Crippen molar-refractivity contribution in [2.24, 2.45) is 33.7 Å². The minimum atomic E-state index is -1.16. The van der Waals surface area contributed by atoms with Gasteiger partial charge in [0.25, 0.3) is 5.91 Å². The Bertz CT molecular complexity index is 1050. The molecule has 1 amide bonds. The third kappa shape index (κ3) is 3.96. The van der Waals surface area contributed by atoms with Crippen molar-refractivity contribution >= 4 is 17.4 Å². The molecule has 0 spiro atoms. The van der Waals surface area contributed by atoms with Crippen LogP contribution >= 0.6 is 0 Å². The lowest BCUT2D eigenvalue weighted by Gasteiger charge is -2.59. The van der Waals surface area contributed by atoms with Gasteiger partial charge in [-0.05, 0) is 99.7 Å². The molecule has 0 radical (unpaired) electrons. The minimum absolute atomic E-state index is 0.0586. The Balaban J connectivity index is 1.23. The number of amides is 1. The van der Waals surface area contributed by atoms with Crippen LogP contribution in [0.1, 0.15) is 77.9 Å². The highest BCUT2D eigenvalue weighted by molar-refractivity contribution is 5.96. The molecule has 1 heterocycles. The molecule has 0 saturated heterocycles. The number of rotatable bonds is 6. The van der Waals surface area contributed by atoms with Gasteiger partial charge in [-0.25, -0.2) is 0 Å². The number of carbonyl (C=O) groups excluding carboxylic acids is 2. The summed E-state index contributed by atoms with van der Waals surface area (Å²) in [6.45, 7) is 6.36. The number of aliphatic hydroxyl groups is 1. The van der Waals surface area contributed by atoms with Crippen molar-refractivity contribution in [3.05, 3.63) is 35.8 Å². The van der Waals surface area contributed by atoms with Crippen molar-refractivity contribution in [2.75, 3.05) is 6.61 Å². The molecule has 2 N–H and O–H groups in total. The molecule has 7 heteroatoms. The fourth-order valence-electron chi connectivity index (χ4n) is 8.06. The fraction of sp³-hybridized carbons (Fsp3) is 0.679. The van der Waals surface area contributed by atoms with Crippen LogP contribution in [0.5, 0.6) is 0 Å². The number of hydrogen-bond donors (Lipinski definition) is 2. The van der Waals surface area contributed by atoms with Crippen LogP contribution in [0.3, 0.4) is 0 Å². The number of nitrogens with zero attached hydrogens (tertiary/aromatic N) is 1. The summed E-state index contributed by atoms with van der Waals surface area (Å²) in [5.41, 5.74) is 1.01. The third-order valence-electron chi connectivity index (χ3n) is 10.1. The van der Waals surface area contributed by atoms with Crippen LogP contribution in [0, 0.1) is 28.6 Å². The molecule has 4 aliphatic rings. The van der Waals surface area contributed by atoms with E-state index in [1.165, 1.54) is 5.57 Å². The second-order valence-corrected chi connectivity index (χ2v) is 11.6. The first-order valence-corrected chi connectivity index (χ1v) is 13.1. The van der Waals surface area contributed by atoms with Crippen molar-refractivity contribution in [1.82, 2.24) is 5.32 Å². The molecule has 3 fully saturated rings. The zero-order valence-corrected chi connectivity index (χ0v) is 21.1. The maximum Gasteiger partial charge on any atom is 0.261 e. The van der Waals surface area contributed by atoms with Crippen LogP contribution in [0.25, 0.3) is 0 Å². The van der Waals surface area contributed by atoms with Gasteiger partial charge in [0.05, 0.1) is 18.5 Å². The molecule has 0 bridgehead atoms. The van der Waals surface area contributed by atoms with Gasteiger partial charge >= 0.3 is 0 Å². The van der Waals surface area contributed by atoms with Crippen molar-refractivity contribution < 1.29 is 24.0 Å². The zero-order chi connectivity index (χ0) is 24.8. The number of allylic oxidation sites excluding steroid dienone is 2. The molecule has 35 heavy (non-hydrogen) atoms. The summed E-state index contributed by atoms with van der Waals surface area (Å²) in [5, 5.41) is 18.4. The number of Topliss-reactive ketones (excluding diaryl/α,β-unsaturated/α-hetero) is 1. The molecule has 4 aliphatic carbocycles. The van der Waals surface area contributed by atoms with Gasteiger partial charge in [-0.2, -0.15) is 0 Å². The van der Waals surface area contributed by atoms with Gasteiger partial charge in [0.1, 0.15) is 11.4 Å². The van der Waals surface area contributed by atoms with Gasteiger partial charge in [0.2, 0.25) is 0 Å². The molecule has 1 aromatic rings. The van der Waals surface area contributed by atoms with E-state index in [4.69, 9.17) is 9.25 Å². The van der Waals surface area contributed by atoms with Gasteiger partial charge in [-0.15, -0.1) is 0 Å². The van der Waals surface area contributed by atoms with E-state index in [1.54, 1.807) is 19.3 Å². The number of ketones is 1. The maximum atomic E-state index is 12.4. The number of oxime groups is 1. The Labute approximate surface area is 207 Å². The molecule has 190 valence electrons. The molecule has 5 rings (SSSR count). The van der Waals surface area contributed by atoms with Gasteiger partial charge in [0.15, 0.2) is 12.4 Å². The lowest BCUT2D eigenvalue weighted by Crippen LogP contribution is -2.57. The average Bonchev–Trinajstić information content (AvgIpc) is 3.44. The first-order valence-electron chi connectivity index (χ1n) is 13.1. The number of nitrogens with one attached hydrogen (secondary N) is 1. The van der Waals surface area contributed by atoms with E-state index in [0.29, 0.717) is 36.5 Å². The summed E-state index contributed by atoms with van der Waals surface area (Å²) in [7, 11) is 0. The van der Waals surface area contributed by atoms with Gasteiger partial charge in [0, 0.05) is 5.41 Å². The smallest absolute Gasteiger partial charge is 0.261 e. The molecular weight excluding hydrogens is 444 g/mol. The first kappa shape index (κ1) is 24.3. The quantitative estimate of drug-likeness (QED) is 0.579. The predicted molar refractivity (Wildman–Crippen MR) is 131 cm³/mol. The largest absolute Gasteiger partial charge is 0.467 e. The highest BCUT2D eigenvalue weighted by Crippen LogP contribution is 2.67. The molecule has 7 nitrogen and oxygen atoms in total. The summed E-state index contributed by atoms with van der Waals surface area (Å²) < 4.78 is 5.21. The average molecular weight is 483 g/mol. The van der Waals surface area contributed by atoms with Crippen LogP contribution in [0.4, 0.5) is 0 Å². The summed E-state index contributed by atoms with van der Waals surface area (Å²) in [4.78, 5) is 29.8. The Kier molecular flexibility index (Phi) is 6.19. The van der Waals surface area contributed by atoms with E-state index >= 15 is 0 Å². The second kappa shape index (κ2) is 8.91. The molecule has 0 unspecified atom stereocenters. The number of fused-ring (bicyclic) bond motifs is 5. The molecule has 6 atom stereocenters. The lowest BCUT2D eigenvalue weighted by atomic mass is 9.46. The van der Waals surface area contributed by atoms with Gasteiger partial charge < -0.3 is 19.7 Å². The molecule has 0 aliphatic heterocycles. The maximum absolute atomic E-state index is 12.4. The lowest BCUT2D eigenvalue weighted by molar-refractivity contribution is -0.159. The van der Waals surface area contributed by atoms with E-state index in [9.17, 15) is 14.7 Å². The van der Waals surface area contributed by atoms with Crippen LogP contribution in [0.2, 0.25) is 0 Å². The summed E-state index contributed by atoms with van der Waals surface area (Å²) in [6.07, 6.45) is 11.3. The minimum Gasteiger partial charge on any atom is -0.467 e. The topological polar surface area (TPSA) is 101 Å². The predicted octanol–water partition coefficient (Wildman–Crippen LogP) is 4.55. The molecular formula is C28H38N2O5. The van der Waals surface area contributed by atoms with E-state index in [2.05, 4.69) is 30.4 Å². The highest BCUT2D eigenvalue weighted by Gasteiger charge is 2.65. The van der Waals surface area contributed by atoms with Crippen LogP contribution in [-0.2, 0) is 21.0 Å². The summed E-state index contributed by atoms with van der Waals surface area (Å²) in [6, 6.07) is 3.59. The molecule has 3 saturated carbocycles. The number of furan rings is 1. The number of hydrogen-bond acceptors (Lipinski definition) is 6. The monoisotopic (exact) mass is 482 g/mol. The molecule has 0 aromatic carbocycles. The van der Waals surface area contributed by atoms with Crippen LogP contribution in [0.15, 0.2) is 39.6 Å². The van der Waals surface area contributed by atoms with Crippen molar-refractivity contribution in [3.63, 3.8) is 0 Å². The van der Waals surface area contributed by atoms with Crippen LogP contribution < -0.4 is 5.32 Å². The van der Waals surface area contributed by atoms with Crippen LogP contribution in [-0.4, -0.2) is 34.7 Å². The summed E-state index contributed by atoms with van der Waals surface area (Å²) >= 11 is 0.